The number of furan rings is 1. The predicted octanol–water partition coefficient (Wildman–Crippen LogP) is 3.56. The Morgan fingerprint density at radius 2 is 1.88 bits per heavy atom. The molecule has 1 saturated heterocycles. The maximum absolute atomic E-state index is 12.6. The van der Waals surface area contributed by atoms with Crippen LogP contribution in [0, 0.1) is 0 Å². The molecule has 0 saturated carbocycles. The van der Waals surface area contributed by atoms with Gasteiger partial charge in [-0.3, -0.25) is 4.79 Å². The number of carbonyl (C=O) groups is 1. The summed E-state index contributed by atoms with van der Waals surface area (Å²) in [7, 11) is -1.58. The first-order valence-electron chi connectivity index (χ1n) is 10.8. The lowest BCUT2D eigenvalue weighted by Gasteiger charge is -2.34. The fraction of sp³-hybridized carbons (Fsp3) is 0.375. The SMILES string of the molecule is CCS(=O)(=O)c1ccc(N2CCC(NC(=O)Cc3coc4cc(OC)ccc34)CC2)cc1. The van der Waals surface area contributed by atoms with Crippen molar-refractivity contribution in [2.24, 2.45) is 0 Å². The molecule has 7 nitrogen and oxygen atoms in total. The molecule has 4 rings (SSSR count). The van der Waals surface area contributed by atoms with Gasteiger partial charge < -0.3 is 19.4 Å². The zero-order valence-electron chi connectivity index (χ0n) is 18.3. The molecule has 2 aromatic carbocycles. The molecule has 0 spiro atoms. The Balaban J connectivity index is 1.31. The van der Waals surface area contributed by atoms with Gasteiger partial charge in [-0.15, -0.1) is 0 Å². The van der Waals surface area contributed by atoms with Crippen molar-refractivity contribution in [3.63, 3.8) is 0 Å². The molecule has 0 atom stereocenters. The fourth-order valence-electron chi connectivity index (χ4n) is 4.09. The number of nitrogens with one attached hydrogen (secondary N) is 1. The summed E-state index contributed by atoms with van der Waals surface area (Å²) < 4.78 is 34.8. The molecule has 0 bridgehead atoms. The Bertz CT molecular complexity index is 1190. The van der Waals surface area contributed by atoms with E-state index < -0.39 is 9.84 Å². The van der Waals surface area contributed by atoms with Crippen LogP contribution in [0.5, 0.6) is 5.75 Å². The minimum absolute atomic E-state index is 0.0175. The van der Waals surface area contributed by atoms with Crippen LogP contribution in [-0.4, -0.2) is 46.3 Å². The number of methoxy groups -OCH3 is 1. The Morgan fingerprint density at radius 3 is 2.53 bits per heavy atom. The van der Waals surface area contributed by atoms with Crippen molar-refractivity contribution in [2.45, 2.75) is 37.1 Å². The van der Waals surface area contributed by atoms with Gasteiger partial charge in [0, 0.05) is 41.8 Å². The summed E-state index contributed by atoms with van der Waals surface area (Å²) >= 11 is 0. The van der Waals surface area contributed by atoms with Crippen molar-refractivity contribution in [3.05, 3.63) is 54.3 Å². The van der Waals surface area contributed by atoms with E-state index in [-0.39, 0.29) is 24.1 Å². The summed E-state index contributed by atoms with van der Waals surface area (Å²) in [5.74, 6) is 0.799. The molecule has 1 N–H and O–H groups in total. The smallest absolute Gasteiger partial charge is 0.224 e. The number of anilines is 1. The van der Waals surface area contributed by atoms with Gasteiger partial charge in [-0.1, -0.05) is 6.92 Å². The van der Waals surface area contributed by atoms with Crippen molar-refractivity contribution in [1.29, 1.82) is 0 Å². The van der Waals surface area contributed by atoms with Crippen molar-refractivity contribution >= 4 is 32.4 Å². The van der Waals surface area contributed by atoms with Crippen molar-refractivity contribution in [3.8, 4) is 5.75 Å². The number of hydrogen-bond acceptors (Lipinski definition) is 6. The summed E-state index contributed by atoms with van der Waals surface area (Å²) in [6, 6.07) is 12.8. The third kappa shape index (κ3) is 4.75. The molecule has 8 heteroatoms. The van der Waals surface area contributed by atoms with Gasteiger partial charge in [0.1, 0.15) is 11.3 Å². The highest BCUT2D eigenvalue weighted by molar-refractivity contribution is 7.91. The van der Waals surface area contributed by atoms with Crippen LogP contribution in [-0.2, 0) is 21.1 Å². The monoisotopic (exact) mass is 456 g/mol. The molecule has 1 aromatic heterocycles. The number of benzene rings is 2. The van der Waals surface area contributed by atoms with E-state index in [1.54, 1.807) is 32.4 Å². The highest BCUT2D eigenvalue weighted by atomic mass is 32.2. The summed E-state index contributed by atoms with van der Waals surface area (Å²) in [5.41, 5.74) is 2.57. The molecule has 1 amide bonds. The number of piperidine rings is 1. The number of ether oxygens (including phenoxy) is 1. The quantitative estimate of drug-likeness (QED) is 0.585. The van der Waals surface area contributed by atoms with Gasteiger partial charge in [0.15, 0.2) is 9.84 Å². The average Bonchev–Trinajstić information content (AvgIpc) is 3.21. The van der Waals surface area contributed by atoms with E-state index >= 15 is 0 Å². The first-order chi connectivity index (χ1) is 15.4. The normalized spacial score (nSPS) is 15.1. The van der Waals surface area contributed by atoms with E-state index in [2.05, 4.69) is 10.2 Å². The number of nitrogens with zero attached hydrogens (tertiary/aromatic N) is 1. The molecule has 0 aliphatic carbocycles. The van der Waals surface area contributed by atoms with E-state index in [1.165, 1.54) is 0 Å². The third-order valence-corrected chi connectivity index (χ3v) is 7.77. The summed E-state index contributed by atoms with van der Waals surface area (Å²) in [6.45, 7) is 3.26. The van der Waals surface area contributed by atoms with Crippen LogP contribution in [0.4, 0.5) is 5.69 Å². The summed E-state index contributed by atoms with van der Waals surface area (Å²) in [4.78, 5) is 15.2. The van der Waals surface area contributed by atoms with E-state index in [0.717, 1.165) is 48.3 Å². The van der Waals surface area contributed by atoms with Crippen LogP contribution < -0.4 is 15.0 Å². The van der Waals surface area contributed by atoms with Crippen LogP contribution in [0.1, 0.15) is 25.3 Å². The molecule has 3 aromatic rings. The molecule has 1 aliphatic heterocycles. The number of carbonyl (C=O) groups excluding carboxylic acids is 1. The Kier molecular flexibility index (Phi) is 6.41. The number of fused-ring (bicyclic) bond motifs is 1. The molecular formula is C24H28N2O5S. The first kappa shape index (κ1) is 22.2. The third-order valence-electron chi connectivity index (χ3n) is 6.01. The van der Waals surface area contributed by atoms with Gasteiger partial charge in [0.05, 0.1) is 30.4 Å². The summed E-state index contributed by atoms with van der Waals surface area (Å²) in [5, 5.41) is 4.06. The second-order valence-corrected chi connectivity index (χ2v) is 10.3. The topological polar surface area (TPSA) is 88.9 Å². The van der Waals surface area contributed by atoms with Gasteiger partial charge in [-0.05, 0) is 49.2 Å². The first-order valence-corrected chi connectivity index (χ1v) is 12.5. The molecule has 170 valence electrons. The lowest BCUT2D eigenvalue weighted by molar-refractivity contribution is -0.121. The van der Waals surface area contributed by atoms with E-state index in [1.807, 2.05) is 30.3 Å². The summed E-state index contributed by atoms with van der Waals surface area (Å²) in [6.07, 6.45) is 3.58. The molecule has 1 fully saturated rings. The molecule has 1 aliphatic rings. The molecular weight excluding hydrogens is 428 g/mol. The van der Waals surface area contributed by atoms with Crippen LogP contribution >= 0.6 is 0 Å². The van der Waals surface area contributed by atoms with E-state index in [9.17, 15) is 13.2 Å². The van der Waals surface area contributed by atoms with Gasteiger partial charge in [-0.2, -0.15) is 0 Å². The minimum atomic E-state index is -3.19. The number of hydrogen-bond donors (Lipinski definition) is 1. The van der Waals surface area contributed by atoms with Gasteiger partial charge in [-0.25, -0.2) is 8.42 Å². The van der Waals surface area contributed by atoms with Crippen LogP contribution in [0.2, 0.25) is 0 Å². The second-order valence-electron chi connectivity index (χ2n) is 8.03. The molecule has 0 unspecified atom stereocenters. The number of amides is 1. The van der Waals surface area contributed by atoms with Crippen molar-refractivity contribution in [1.82, 2.24) is 5.32 Å². The van der Waals surface area contributed by atoms with E-state index in [0.29, 0.717) is 10.5 Å². The number of sulfone groups is 1. The highest BCUT2D eigenvalue weighted by Gasteiger charge is 2.22. The van der Waals surface area contributed by atoms with E-state index in [4.69, 9.17) is 9.15 Å². The van der Waals surface area contributed by atoms with Crippen LogP contribution in [0.25, 0.3) is 11.0 Å². The molecule has 0 radical (unpaired) electrons. The Morgan fingerprint density at radius 1 is 1.16 bits per heavy atom. The zero-order chi connectivity index (χ0) is 22.7. The Labute approximate surface area is 188 Å². The lowest BCUT2D eigenvalue weighted by Crippen LogP contribution is -2.45. The average molecular weight is 457 g/mol. The molecule has 2 heterocycles. The second kappa shape index (κ2) is 9.24. The van der Waals surface area contributed by atoms with Crippen molar-refractivity contribution in [2.75, 3.05) is 30.9 Å². The van der Waals surface area contributed by atoms with Gasteiger partial charge in [0.25, 0.3) is 0 Å². The van der Waals surface area contributed by atoms with Gasteiger partial charge >= 0.3 is 0 Å². The zero-order valence-corrected chi connectivity index (χ0v) is 19.2. The maximum atomic E-state index is 12.6. The van der Waals surface area contributed by atoms with Crippen molar-refractivity contribution < 1.29 is 22.4 Å². The minimum Gasteiger partial charge on any atom is -0.497 e. The fourth-order valence-corrected chi connectivity index (χ4v) is 4.98. The number of rotatable bonds is 7. The van der Waals surface area contributed by atoms with Gasteiger partial charge in [0.2, 0.25) is 5.91 Å². The molecule has 32 heavy (non-hydrogen) atoms. The standard InChI is InChI=1S/C24H28N2O5S/c1-3-32(28,29)21-7-4-19(5-8-21)26-12-10-18(11-13-26)25-24(27)14-17-16-31-23-15-20(30-2)6-9-22(17)23/h4-9,15-16,18H,3,10-14H2,1-2H3,(H,25,27). The Hall–Kier alpha value is -3.00. The predicted molar refractivity (Wildman–Crippen MR) is 124 cm³/mol. The van der Waals surface area contributed by atoms with Crippen LogP contribution in [0.3, 0.4) is 0 Å². The lowest BCUT2D eigenvalue weighted by atomic mass is 10.0. The van der Waals surface area contributed by atoms with Crippen LogP contribution in [0.15, 0.2) is 58.0 Å². The largest absolute Gasteiger partial charge is 0.497 e. The highest BCUT2D eigenvalue weighted by Crippen LogP contribution is 2.26. The maximum Gasteiger partial charge on any atom is 0.224 e.